The molecule has 0 bridgehead atoms. The van der Waals surface area contributed by atoms with Gasteiger partial charge in [0.1, 0.15) is 5.75 Å². The van der Waals surface area contributed by atoms with Crippen LogP contribution < -0.4 is 4.74 Å². The Kier molecular flexibility index (Phi) is 5.24. The van der Waals surface area contributed by atoms with Crippen LogP contribution in [0.4, 0.5) is 0 Å². The fourth-order valence-corrected chi connectivity index (χ4v) is 3.59. The van der Waals surface area contributed by atoms with Crippen molar-refractivity contribution in [3.63, 3.8) is 0 Å². The van der Waals surface area contributed by atoms with Crippen LogP contribution in [0.25, 0.3) is 11.3 Å². The Hall–Kier alpha value is -2.53. The molecule has 0 saturated heterocycles. The van der Waals surface area contributed by atoms with E-state index in [0.29, 0.717) is 11.3 Å². The summed E-state index contributed by atoms with van der Waals surface area (Å²) >= 11 is 1.63. The lowest BCUT2D eigenvalue weighted by Gasteiger charge is -2.10. The lowest BCUT2D eigenvalue weighted by molar-refractivity contribution is 0.101. The van der Waals surface area contributed by atoms with Gasteiger partial charge in [0.05, 0.1) is 19.0 Å². The number of ether oxygens (including phenoxy) is 1. The van der Waals surface area contributed by atoms with Crippen molar-refractivity contribution in [1.29, 1.82) is 0 Å². The summed E-state index contributed by atoms with van der Waals surface area (Å²) in [6.07, 6.45) is 1.89. The summed E-state index contributed by atoms with van der Waals surface area (Å²) in [5, 5.41) is 0.925. The molecule has 25 heavy (non-hydrogen) atoms. The highest BCUT2D eigenvalue weighted by molar-refractivity contribution is 7.98. The van der Waals surface area contributed by atoms with Crippen molar-refractivity contribution >= 4 is 17.5 Å². The van der Waals surface area contributed by atoms with Gasteiger partial charge in [-0.05, 0) is 30.7 Å². The molecule has 1 heterocycles. The minimum Gasteiger partial charge on any atom is -0.496 e. The van der Waals surface area contributed by atoms with Gasteiger partial charge in [0.2, 0.25) is 0 Å². The van der Waals surface area contributed by atoms with E-state index in [1.165, 1.54) is 0 Å². The first-order chi connectivity index (χ1) is 12.1. The van der Waals surface area contributed by atoms with Gasteiger partial charge in [0.15, 0.2) is 10.9 Å². The van der Waals surface area contributed by atoms with E-state index in [-0.39, 0.29) is 5.78 Å². The molecule has 2 aromatic carbocycles. The number of nitrogens with zero attached hydrogens (tertiary/aromatic N) is 2. The second kappa shape index (κ2) is 7.57. The van der Waals surface area contributed by atoms with Crippen molar-refractivity contribution in [3.05, 3.63) is 65.9 Å². The summed E-state index contributed by atoms with van der Waals surface area (Å²) in [5.74, 6) is 1.52. The molecule has 0 aliphatic rings. The average Bonchev–Trinajstić information content (AvgIpc) is 3.01. The van der Waals surface area contributed by atoms with Gasteiger partial charge in [-0.1, -0.05) is 42.1 Å². The van der Waals surface area contributed by atoms with Gasteiger partial charge in [-0.2, -0.15) is 0 Å². The van der Waals surface area contributed by atoms with Crippen molar-refractivity contribution in [3.8, 4) is 17.0 Å². The Bertz CT molecular complexity index is 888. The van der Waals surface area contributed by atoms with Crippen molar-refractivity contribution in [2.45, 2.75) is 17.8 Å². The third-order valence-electron chi connectivity index (χ3n) is 4.06. The van der Waals surface area contributed by atoms with E-state index in [4.69, 9.17) is 4.74 Å². The van der Waals surface area contributed by atoms with Crippen molar-refractivity contribution in [2.75, 3.05) is 7.11 Å². The fraction of sp³-hybridized carbons (Fsp3) is 0.200. The van der Waals surface area contributed by atoms with Crippen LogP contribution >= 0.6 is 11.8 Å². The molecule has 0 unspecified atom stereocenters. The Morgan fingerprint density at radius 2 is 1.96 bits per heavy atom. The van der Waals surface area contributed by atoms with Gasteiger partial charge < -0.3 is 9.30 Å². The molecule has 1 aromatic heterocycles. The van der Waals surface area contributed by atoms with Gasteiger partial charge in [-0.15, -0.1) is 0 Å². The molecular weight excluding hydrogens is 332 g/mol. The number of aromatic nitrogens is 2. The van der Waals surface area contributed by atoms with Gasteiger partial charge in [-0.25, -0.2) is 4.98 Å². The van der Waals surface area contributed by atoms with Crippen molar-refractivity contribution in [2.24, 2.45) is 7.05 Å². The zero-order chi connectivity index (χ0) is 17.8. The maximum atomic E-state index is 11.6. The molecule has 128 valence electrons. The topological polar surface area (TPSA) is 44.1 Å². The highest BCUT2D eigenvalue weighted by Crippen LogP contribution is 2.30. The number of rotatable bonds is 6. The van der Waals surface area contributed by atoms with E-state index >= 15 is 0 Å². The molecule has 0 amide bonds. The van der Waals surface area contributed by atoms with Crippen LogP contribution in [0.2, 0.25) is 0 Å². The number of Topliss-reactive ketones (excluding diaryl/α,β-unsaturated/α-hetero) is 1. The van der Waals surface area contributed by atoms with Crippen LogP contribution in [0.5, 0.6) is 5.75 Å². The molecule has 3 aromatic rings. The first-order valence-electron chi connectivity index (χ1n) is 7.98. The zero-order valence-corrected chi connectivity index (χ0v) is 15.3. The number of carbonyl (C=O) groups is 1. The second-order valence-corrected chi connectivity index (χ2v) is 6.67. The number of hydrogen-bond donors (Lipinski definition) is 0. The van der Waals surface area contributed by atoms with E-state index in [2.05, 4.69) is 21.7 Å². The molecule has 3 rings (SSSR count). The SMILES string of the molecule is COc1ccc(C(C)=O)cc1CSc1ncc(-c2ccccc2)n1C. The normalized spacial score (nSPS) is 10.7. The second-order valence-electron chi connectivity index (χ2n) is 5.72. The summed E-state index contributed by atoms with van der Waals surface area (Å²) in [7, 11) is 3.66. The van der Waals surface area contributed by atoms with E-state index in [9.17, 15) is 4.79 Å². The van der Waals surface area contributed by atoms with E-state index in [1.807, 2.05) is 43.6 Å². The third-order valence-corrected chi connectivity index (χ3v) is 5.15. The number of methoxy groups -OCH3 is 1. The molecule has 0 aliphatic heterocycles. The lowest BCUT2D eigenvalue weighted by Crippen LogP contribution is -1.98. The van der Waals surface area contributed by atoms with Crippen molar-refractivity contribution in [1.82, 2.24) is 9.55 Å². The summed E-state index contributed by atoms with van der Waals surface area (Å²) in [6.45, 7) is 1.57. The summed E-state index contributed by atoms with van der Waals surface area (Å²) in [6, 6.07) is 15.7. The van der Waals surface area contributed by atoms with E-state index < -0.39 is 0 Å². The minimum absolute atomic E-state index is 0.0530. The van der Waals surface area contributed by atoms with Gasteiger partial charge >= 0.3 is 0 Å². The highest BCUT2D eigenvalue weighted by Gasteiger charge is 2.12. The number of carbonyl (C=O) groups excluding carboxylic acids is 1. The minimum atomic E-state index is 0.0530. The molecule has 0 fully saturated rings. The maximum Gasteiger partial charge on any atom is 0.168 e. The highest BCUT2D eigenvalue weighted by atomic mass is 32.2. The lowest BCUT2D eigenvalue weighted by atomic mass is 10.1. The number of benzene rings is 2. The van der Waals surface area contributed by atoms with Crippen LogP contribution in [-0.4, -0.2) is 22.4 Å². The van der Waals surface area contributed by atoms with Crippen LogP contribution in [0.1, 0.15) is 22.8 Å². The third kappa shape index (κ3) is 3.77. The Morgan fingerprint density at radius 1 is 1.20 bits per heavy atom. The summed E-state index contributed by atoms with van der Waals surface area (Å²) < 4.78 is 7.51. The smallest absolute Gasteiger partial charge is 0.168 e. The molecule has 0 spiro atoms. The summed E-state index contributed by atoms with van der Waals surface area (Å²) in [4.78, 5) is 16.2. The molecular formula is C20H20N2O2S. The molecule has 0 N–H and O–H groups in total. The monoisotopic (exact) mass is 352 g/mol. The first kappa shape index (κ1) is 17.3. The summed E-state index contributed by atoms with van der Waals surface area (Å²) in [5.41, 5.74) is 3.90. The number of thioether (sulfide) groups is 1. The standard InChI is InChI=1S/C20H20N2O2S/c1-14(23)16-9-10-19(24-3)17(11-16)13-25-20-21-12-18(22(20)2)15-7-5-4-6-8-15/h4-12H,13H2,1-3H3. The van der Waals surface area contributed by atoms with Crippen LogP contribution in [-0.2, 0) is 12.8 Å². The largest absolute Gasteiger partial charge is 0.496 e. The first-order valence-corrected chi connectivity index (χ1v) is 8.96. The molecule has 0 atom stereocenters. The molecule has 4 nitrogen and oxygen atoms in total. The Balaban J connectivity index is 1.82. The predicted molar refractivity (Wildman–Crippen MR) is 101 cm³/mol. The Labute approximate surface area is 151 Å². The quantitative estimate of drug-likeness (QED) is 0.481. The van der Waals surface area contributed by atoms with E-state index in [0.717, 1.165) is 27.7 Å². The molecule has 0 radical (unpaired) electrons. The van der Waals surface area contributed by atoms with Gasteiger partial charge in [-0.3, -0.25) is 4.79 Å². The molecule has 0 saturated carbocycles. The van der Waals surface area contributed by atoms with Gasteiger partial charge in [0, 0.05) is 23.9 Å². The zero-order valence-electron chi connectivity index (χ0n) is 14.5. The fourth-order valence-electron chi connectivity index (χ4n) is 2.66. The van der Waals surface area contributed by atoms with Crippen LogP contribution in [0.3, 0.4) is 0 Å². The van der Waals surface area contributed by atoms with Crippen LogP contribution in [0.15, 0.2) is 59.9 Å². The number of imidazole rings is 1. The Morgan fingerprint density at radius 3 is 2.64 bits per heavy atom. The number of ketones is 1. The van der Waals surface area contributed by atoms with Crippen molar-refractivity contribution < 1.29 is 9.53 Å². The maximum absolute atomic E-state index is 11.6. The van der Waals surface area contributed by atoms with Gasteiger partial charge in [0.25, 0.3) is 0 Å². The average molecular weight is 352 g/mol. The van der Waals surface area contributed by atoms with Crippen LogP contribution in [0, 0.1) is 0 Å². The molecule has 5 heteroatoms. The predicted octanol–water partition coefficient (Wildman–Crippen LogP) is 4.59. The number of hydrogen-bond acceptors (Lipinski definition) is 4. The molecule has 0 aliphatic carbocycles. The van der Waals surface area contributed by atoms with E-state index in [1.54, 1.807) is 31.9 Å².